The van der Waals surface area contributed by atoms with Crippen LogP contribution < -0.4 is 21.9 Å². The lowest BCUT2D eigenvalue weighted by Gasteiger charge is -2.23. The highest BCUT2D eigenvalue weighted by molar-refractivity contribution is 7.14. The number of aryl methyl sites for hydroxylation is 2. The Morgan fingerprint density at radius 2 is 2.07 bits per heavy atom. The highest BCUT2D eigenvalue weighted by Crippen LogP contribution is 2.26. The zero-order valence-electron chi connectivity index (χ0n) is 16.1. The number of nitrogens with one attached hydrogen (secondary N) is 1. The number of thiophene rings is 1. The van der Waals surface area contributed by atoms with Crippen LogP contribution in [-0.4, -0.2) is 35.7 Å². The fourth-order valence-corrected chi connectivity index (χ4v) is 3.95. The molecule has 27 heavy (non-hydrogen) atoms. The first-order valence-electron chi connectivity index (χ1n) is 8.88. The molecule has 0 radical (unpaired) electrons. The van der Waals surface area contributed by atoms with Gasteiger partial charge >= 0.3 is 5.69 Å². The van der Waals surface area contributed by atoms with E-state index < -0.39 is 11.2 Å². The van der Waals surface area contributed by atoms with Gasteiger partial charge in [0.1, 0.15) is 5.82 Å². The van der Waals surface area contributed by atoms with Crippen LogP contribution in [0.25, 0.3) is 0 Å². The molecule has 0 aliphatic carbocycles. The number of rotatable bonds is 8. The molecule has 0 aliphatic rings. The minimum Gasteiger partial charge on any atom is -0.383 e. The van der Waals surface area contributed by atoms with E-state index in [2.05, 4.69) is 4.98 Å². The summed E-state index contributed by atoms with van der Waals surface area (Å²) in [6, 6.07) is 1.82. The Morgan fingerprint density at radius 3 is 2.63 bits per heavy atom. The summed E-state index contributed by atoms with van der Waals surface area (Å²) in [5.41, 5.74) is 5.89. The van der Waals surface area contributed by atoms with E-state index in [9.17, 15) is 14.4 Å². The average Bonchev–Trinajstić information content (AvgIpc) is 3.01. The van der Waals surface area contributed by atoms with E-state index in [1.54, 1.807) is 0 Å². The van der Waals surface area contributed by atoms with Crippen molar-refractivity contribution in [3.63, 3.8) is 0 Å². The number of ether oxygens (including phenoxy) is 1. The Balaban J connectivity index is 2.59. The number of H-pyrrole nitrogens is 1. The Hall–Kier alpha value is -2.39. The predicted molar refractivity (Wildman–Crippen MR) is 108 cm³/mol. The zero-order valence-corrected chi connectivity index (χ0v) is 16.9. The van der Waals surface area contributed by atoms with Gasteiger partial charge in [0.2, 0.25) is 0 Å². The standard InChI is InChI=1S/C18H26N4O4S/c1-5-7-22-15(19)14(16(23)20-18(22)25)21(8-9-26-4)17(24)13-10-11(3)12(6-2)27-13/h10H,5-9,19H2,1-4H3,(H,20,23,25). The van der Waals surface area contributed by atoms with Crippen LogP contribution in [0.15, 0.2) is 15.7 Å². The van der Waals surface area contributed by atoms with Gasteiger partial charge in [-0.1, -0.05) is 13.8 Å². The molecule has 148 valence electrons. The van der Waals surface area contributed by atoms with Crippen LogP contribution in [0, 0.1) is 6.92 Å². The summed E-state index contributed by atoms with van der Waals surface area (Å²) in [4.78, 5) is 42.9. The second-order valence-electron chi connectivity index (χ2n) is 6.16. The van der Waals surface area contributed by atoms with Crippen molar-refractivity contribution in [1.29, 1.82) is 0 Å². The Morgan fingerprint density at radius 1 is 1.37 bits per heavy atom. The second kappa shape index (κ2) is 9.01. The van der Waals surface area contributed by atoms with Crippen molar-refractivity contribution < 1.29 is 9.53 Å². The van der Waals surface area contributed by atoms with Crippen molar-refractivity contribution in [2.75, 3.05) is 30.9 Å². The van der Waals surface area contributed by atoms with E-state index in [0.717, 1.165) is 16.9 Å². The molecule has 0 fully saturated rings. The number of nitrogen functional groups attached to an aromatic ring is 1. The minimum absolute atomic E-state index is 0.0148. The van der Waals surface area contributed by atoms with E-state index >= 15 is 0 Å². The molecule has 0 aromatic carbocycles. The van der Waals surface area contributed by atoms with Crippen LogP contribution >= 0.6 is 11.3 Å². The number of nitrogens with two attached hydrogens (primary N) is 1. The number of hydrogen-bond acceptors (Lipinski definition) is 6. The van der Waals surface area contributed by atoms with E-state index in [4.69, 9.17) is 10.5 Å². The first-order valence-corrected chi connectivity index (χ1v) is 9.69. The predicted octanol–water partition coefficient (Wildman–Crippen LogP) is 1.75. The summed E-state index contributed by atoms with van der Waals surface area (Å²) in [5, 5.41) is 0. The van der Waals surface area contributed by atoms with E-state index in [1.165, 1.54) is 27.9 Å². The van der Waals surface area contributed by atoms with E-state index in [0.29, 0.717) is 17.8 Å². The fraction of sp³-hybridized carbons (Fsp3) is 0.500. The number of amides is 1. The highest BCUT2D eigenvalue weighted by atomic mass is 32.1. The Kier molecular flexibility index (Phi) is 6.98. The molecular formula is C18H26N4O4S. The largest absolute Gasteiger partial charge is 0.383 e. The average molecular weight is 394 g/mol. The van der Waals surface area contributed by atoms with Crippen LogP contribution in [0.4, 0.5) is 11.5 Å². The van der Waals surface area contributed by atoms with Gasteiger partial charge in [0, 0.05) is 25.1 Å². The van der Waals surface area contributed by atoms with Crippen LogP contribution in [0.1, 0.15) is 40.4 Å². The molecule has 0 aliphatic heterocycles. The fourth-order valence-electron chi connectivity index (χ4n) is 2.89. The Labute approximate surface area is 161 Å². The van der Waals surface area contributed by atoms with Gasteiger partial charge in [0.25, 0.3) is 11.5 Å². The molecule has 2 aromatic rings. The number of aromatic nitrogens is 2. The maximum absolute atomic E-state index is 13.2. The van der Waals surface area contributed by atoms with E-state index in [1.807, 2.05) is 26.8 Å². The first-order chi connectivity index (χ1) is 12.8. The number of hydrogen-bond donors (Lipinski definition) is 2. The third-order valence-corrected chi connectivity index (χ3v) is 5.62. The molecule has 0 saturated heterocycles. The molecule has 0 saturated carbocycles. The molecule has 0 bridgehead atoms. The number of anilines is 2. The molecule has 0 atom stereocenters. The molecular weight excluding hydrogens is 368 g/mol. The summed E-state index contributed by atoms with van der Waals surface area (Å²) in [6.07, 6.45) is 1.48. The molecule has 2 aromatic heterocycles. The number of carbonyl (C=O) groups excluding carboxylic acids is 1. The molecule has 1 amide bonds. The van der Waals surface area contributed by atoms with Crippen molar-refractivity contribution in [2.45, 2.75) is 40.2 Å². The summed E-state index contributed by atoms with van der Waals surface area (Å²) < 4.78 is 6.38. The number of carbonyl (C=O) groups is 1. The van der Waals surface area contributed by atoms with Crippen molar-refractivity contribution in [1.82, 2.24) is 9.55 Å². The third-order valence-electron chi connectivity index (χ3n) is 4.25. The monoisotopic (exact) mass is 394 g/mol. The van der Waals surface area contributed by atoms with Crippen molar-refractivity contribution >= 4 is 28.7 Å². The number of nitrogens with zero attached hydrogens (tertiary/aromatic N) is 2. The van der Waals surface area contributed by atoms with Gasteiger partial charge in [-0.25, -0.2) is 4.79 Å². The third kappa shape index (κ3) is 4.30. The van der Waals surface area contributed by atoms with Crippen LogP contribution in [0.2, 0.25) is 0 Å². The smallest absolute Gasteiger partial charge is 0.330 e. The van der Waals surface area contributed by atoms with Crippen molar-refractivity contribution in [2.24, 2.45) is 0 Å². The lowest BCUT2D eigenvalue weighted by atomic mass is 10.2. The van der Waals surface area contributed by atoms with Crippen LogP contribution in [-0.2, 0) is 17.7 Å². The van der Waals surface area contributed by atoms with Gasteiger partial charge in [-0.15, -0.1) is 11.3 Å². The quantitative estimate of drug-likeness (QED) is 0.709. The maximum atomic E-state index is 13.2. The zero-order chi connectivity index (χ0) is 20.1. The van der Waals surface area contributed by atoms with Crippen molar-refractivity contribution in [3.05, 3.63) is 42.2 Å². The van der Waals surface area contributed by atoms with Gasteiger partial charge in [-0.05, 0) is 31.4 Å². The van der Waals surface area contributed by atoms with Crippen LogP contribution in [0.5, 0.6) is 0 Å². The number of aromatic amines is 1. The molecule has 0 unspecified atom stereocenters. The van der Waals surface area contributed by atoms with Gasteiger partial charge < -0.3 is 10.5 Å². The molecule has 9 heteroatoms. The Bertz CT molecular complexity index is 928. The minimum atomic E-state index is -0.682. The molecule has 0 spiro atoms. The van der Waals surface area contributed by atoms with Crippen molar-refractivity contribution in [3.8, 4) is 0 Å². The lowest BCUT2D eigenvalue weighted by molar-refractivity contribution is 0.0979. The maximum Gasteiger partial charge on any atom is 0.330 e. The topological polar surface area (TPSA) is 110 Å². The van der Waals surface area contributed by atoms with Gasteiger partial charge in [0.05, 0.1) is 11.5 Å². The lowest BCUT2D eigenvalue weighted by Crippen LogP contribution is -2.42. The van der Waals surface area contributed by atoms with E-state index in [-0.39, 0.29) is 30.6 Å². The molecule has 3 N–H and O–H groups in total. The highest BCUT2D eigenvalue weighted by Gasteiger charge is 2.26. The first kappa shape index (κ1) is 20.9. The summed E-state index contributed by atoms with van der Waals surface area (Å²) >= 11 is 1.40. The summed E-state index contributed by atoms with van der Waals surface area (Å²) in [5.74, 6) is -0.349. The van der Waals surface area contributed by atoms with Gasteiger partial charge in [-0.3, -0.25) is 24.0 Å². The SMILES string of the molecule is CCCn1c(N)c(N(CCOC)C(=O)c2cc(C)c(CC)s2)c(=O)[nH]c1=O. The summed E-state index contributed by atoms with van der Waals surface area (Å²) in [6.45, 7) is 6.59. The molecule has 2 heterocycles. The molecule has 8 nitrogen and oxygen atoms in total. The second-order valence-corrected chi connectivity index (χ2v) is 7.30. The number of methoxy groups -OCH3 is 1. The van der Waals surface area contributed by atoms with Crippen LogP contribution in [0.3, 0.4) is 0 Å². The van der Waals surface area contributed by atoms with Gasteiger partial charge in [-0.2, -0.15) is 0 Å². The van der Waals surface area contributed by atoms with Gasteiger partial charge in [0.15, 0.2) is 5.69 Å². The molecule has 2 rings (SSSR count). The summed E-state index contributed by atoms with van der Waals surface area (Å²) in [7, 11) is 1.51. The normalized spacial score (nSPS) is 11.0.